The molecule has 1 heterocycles. The third-order valence-corrected chi connectivity index (χ3v) is 4.69. The smallest absolute Gasteiger partial charge is 0.165 e. The van der Waals surface area contributed by atoms with Crippen molar-refractivity contribution in [2.24, 2.45) is 7.05 Å². The van der Waals surface area contributed by atoms with Crippen molar-refractivity contribution in [2.45, 2.75) is 6.61 Å². The maximum Gasteiger partial charge on any atom is 0.165 e. The molecule has 3 aromatic carbocycles. The van der Waals surface area contributed by atoms with E-state index < -0.39 is 0 Å². The Bertz CT molecular complexity index is 1090. The number of benzene rings is 3. The normalized spacial score (nSPS) is 11.3. The fourth-order valence-corrected chi connectivity index (χ4v) is 3.17. The molecular weight excluding hydrogens is 334 g/mol. The minimum Gasteiger partial charge on any atom is -0.504 e. The number of para-hydroxylation sites is 2. The Morgan fingerprint density at radius 3 is 2.48 bits per heavy atom. The first kappa shape index (κ1) is 17.0. The van der Waals surface area contributed by atoms with Gasteiger partial charge in [-0.05, 0) is 35.9 Å². The first-order valence-corrected chi connectivity index (χ1v) is 8.93. The largest absolute Gasteiger partial charge is 0.504 e. The van der Waals surface area contributed by atoms with E-state index in [1.54, 1.807) is 6.07 Å². The second-order valence-corrected chi connectivity index (χ2v) is 6.49. The average Bonchev–Trinajstić information content (AvgIpc) is 3.03. The predicted molar refractivity (Wildman–Crippen MR) is 111 cm³/mol. The van der Waals surface area contributed by atoms with Gasteiger partial charge in [0.15, 0.2) is 11.5 Å². The summed E-state index contributed by atoms with van der Waals surface area (Å²) in [4.78, 5) is 0. The molecule has 0 amide bonds. The van der Waals surface area contributed by atoms with Gasteiger partial charge in [0.25, 0.3) is 0 Å². The lowest BCUT2D eigenvalue weighted by Gasteiger charge is -2.10. The van der Waals surface area contributed by atoms with Crippen LogP contribution in [-0.2, 0) is 13.7 Å². The van der Waals surface area contributed by atoms with Crippen molar-refractivity contribution in [2.75, 3.05) is 0 Å². The number of phenolic OH excluding ortho intramolecular Hbond substituents is 1. The van der Waals surface area contributed by atoms with Crippen molar-refractivity contribution < 1.29 is 9.84 Å². The zero-order valence-corrected chi connectivity index (χ0v) is 15.2. The minimum absolute atomic E-state index is 0.156. The summed E-state index contributed by atoms with van der Waals surface area (Å²) in [5, 5.41) is 11.8. The molecule has 0 aliphatic rings. The van der Waals surface area contributed by atoms with Crippen LogP contribution in [0.15, 0.2) is 78.9 Å². The van der Waals surface area contributed by atoms with Crippen LogP contribution in [0, 0.1) is 0 Å². The molecule has 0 saturated heterocycles. The lowest BCUT2D eigenvalue weighted by molar-refractivity contribution is 0.289. The number of aryl methyl sites for hydroxylation is 1. The fourth-order valence-electron chi connectivity index (χ4n) is 3.17. The average molecular weight is 355 g/mol. The summed E-state index contributed by atoms with van der Waals surface area (Å²) in [5.74, 6) is 0.640. The molecule has 134 valence electrons. The van der Waals surface area contributed by atoms with Gasteiger partial charge in [-0.3, -0.25) is 0 Å². The summed E-state index contributed by atoms with van der Waals surface area (Å²) in [6.07, 6.45) is 3.93. The van der Waals surface area contributed by atoms with Crippen LogP contribution < -0.4 is 4.74 Å². The molecule has 3 heteroatoms. The quantitative estimate of drug-likeness (QED) is 0.503. The second-order valence-electron chi connectivity index (χ2n) is 6.49. The summed E-state index contributed by atoms with van der Waals surface area (Å²) < 4.78 is 7.94. The van der Waals surface area contributed by atoms with Gasteiger partial charge in [0, 0.05) is 29.2 Å². The van der Waals surface area contributed by atoms with E-state index >= 15 is 0 Å². The summed E-state index contributed by atoms with van der Waals surface area (Å²) >= 11 is 0. The van der Waals surface area contributed by atoms with E-state index in [1.165, 1.54) is 10.9 Å². The maximum absolute atomic E-state index is 10.6. The lowest BCUT2D eigenvalue weighted by atomic mass is 10.1. The van der Waals surface area contributed by atoms with Gasteiger partial charge in [-0.15, -0.1) is 0 Å². The van der Waals surface area contributed by atoms with Crippen LogP contribution in [0.3, 0.4) is 0 Å². The number of aromatic nitrogens is 1. The SMILES string of the molecule is Cn1c(/C=C/c2cccc(OCc3ccccc3)c2O)cc2ccccc21. The molecule has 4 aromatic rings. The van der Waals surface area contributed by atoms with Crippen LogP contribution in [-0.4, -0.2) is 9.67 Å². The first-order valence-electron chi connectivity index (χ1n) is 8.93. The lowest BCUT2D eigenvalue weighted by Crippen LogP contribution is -1.95. The Morgan fingerprint density at radius 2 is 1.67 bits per heavy atom. The molecule has 0 saturated carbocycles. The number of nitrogens with zero attached hydrogens (tertiary/aromatic N) is 1. The van der Waals surface area contributed by atoms with E-state index in [4.69, 9.17) is 4.74 Å². The van der Waals surface area contributed by atoms with Crippen LogP contribution in [0.1, 0.15) is 16.8 Å². The van der Waals surface area contributed by atoms with Crippen molar-refractivity contribution >= 4 is 23.1 Å². The van der Waals surface area contributed by atoms with E-state index in [0.29, 0.717) is 12.4 Å². The van der Waals surface area contributed by atoms with E-state index in [1.807, 2.05) is 73.8 Å². The van der Waals surface area contributed by atoms with E-state index in [0.717, 1.165) is 16.8 Å². The third-order valence-electron chi connectivity index (χ3n) is 4.69. The highest BCUT2D eigenvalue weighted by Gasteiger charge is 2.07. The second kappa shape index (κ2) is 7.42. The Kier molecular flexibility index (Phi) is 4.67. The topological polar surface area (TPSA) is 34.4 Å². The third kappa shape index (κ3) is 3.58. The Balaban J connectivity index is 1.56. The molecule has 0 atom stereocenters. The van der Waals surface area contributed by atoms with Crippen LogP contribution in [0.5, 0.6) is 11.5 Å². The van der Waals surface area contributed by atoms with Crippen LogP contribution in [0.25, 0.3) is 23.1 Å². The van der Waals surface area contributed by atoms with Gasteiger partial charge < -0.3 is 14.4 Å². The number of hydrogen-bond donors (Lipinski definition) is 1. The van der Waals surface area contributed by atoms with Gasteiger partial charge >= 0.3 is 0 Å². The first-order chi connectivity index (χ1) is 13.2. The number of fused-ring (bicyclic) bond motifs is 1. The molecule has 4 rings (SSSR count). The minimum atomic E-state index is 0.156. The summed E-state index contributed by atoms with van der Waals surface area (Å²) in [7, 11) is 2.04. The van der Waals surface area contributed by atoms with Gasteiger partial charge in [-0.25, -0.2) is 0 Å². The van der Waals surface area contributed by atoms with Gasteiger partial charge in [0.2, 0.25) is 0 Å². The Morgan fingerprint density at radius 1 is 0.889 bits per heavy atom. The molecule has 0 radical (unpaired) electrons. The molecule has 0 fully saturated rings. The molecule has 0 spiro atoms. The number of aromatic hydroxyl groups is 1. The van der Waals surface area contributed by atoms with Crippen molar-refractivity contribution in [1.29, 1.82) is 0 Å². The standard InChI is InChI=1S/C24H21NO2/c1-25-21(16-20-10-5-6-12-22(20)25)15-14-19-11-7-13-23(24(19)26)27-17-18-8-3-2-4-9-18/h2-16,26H,17H2,1H3/b15-14+. The number of rotatable bonds is 5. The van der Waals surface area contributed by atoms with Gasteiger partial charge in [-0.2, -0.15) is 0 Å². The molecule has 1 aromatic heterocycles. The van der Waals surface area contributed by atoms with E-state index in [9.17, 15) is 5.11 Å². The summed E-state index contributed by atoms with van der Waals surface area (Å²) in [6.45, 7) is 0.421. The van der Waals surface area contributed by atoms with Gasteiger partial charge in [-0.1, -0.05) is 60.7 Å². The van der Waals surface area contributed by atoms with E-state index in [2.05, 4.69) is 22.8 Å². The highest BCUT2D eigenvalue weighted by atomic mass is 16.5. The molecule has 0 aliphatic heterocycles. The molecule has 27 heavy (non-hydrogen) atoms. The summed E-state index contributed by atoms with van der Waals surface area (Å²) in [5.41, 5.74) is 4.05. The van der Waals surface area contributed by atoms with Crippen molar-refractivity contribution in [3.05, 3.63) is 95.7 Å². The van der Waals surface area contributed by atoms with Gasteiger partial charge in [0.05, 0.1) is 0 Å². The molecule has 3 nitrogen and oxygen atoms in total. The number of hydrogen-bond acceptors (Lipinski definition) is 2. The maximum atomic E-state index is 10.6. The van der Waals surface area contributed by atoms with Crippen molar-refractivity contribution in [3.8, 4) is 11.5 Å². The summed E-state index contributed by atoms with van der Waals surface area (Å²) in [6, 6.07) is 25.9. The molecule has 0 unspecified atom stereocenters. The van der Waals surface area contributed by atoms with Crippen molar-refractivity contribution in [3.63, 3.8) is 0 Å². The van der Waals surface area contributed by atoms with Crippen LogP contribution >= 0.6 is 0 Å². The predicted octanol–water partition coefficient (Wildman–Crippen LogP) is 5.63. The number of ether oxygens (including phenoxy) is 1. The highest BCUT2D eigenvalue weighted by Crippen LogP contribution is 2.32. The van der Waals surface area contributed by atoms with Crippen LogP contribution in [0.4, 0.5) is 0 Å². The molecule has 0 bridgehead atoms. The zero-order valence-electron chi connectivity index (χ0n) is 15.2. The molecular formula is C24H21NO2. The Hall–Kier alpha value is -3.46. The fraction of sp³-hybridized carbons (Fsp3) is 0.0833. The zero-order chi connectivity index (χ0) is 18.6. The number of phenols is 1. The van der Waals surface area contributed by atoms with Crippen LogP contribution in [0.2, 0.25) is 0 Å². The molecule has 0 aliphatic carbocycles. The van der Waals surface area contributed by atoms with Crippen molar-refractivity contribution in [1.82, 2.24) is 4.57 Å². The monoisotopic (exact) mass is 355 g/mol. The van der Waals surface area contributed by atoms with Gasteiger partial charge in [0.1, 0.15) is 6.61 Å². The highest BCUT2D eigenvalue weighted by molar-refractivity contribution is 5.85. The van der Waals surface area contributed by atoms with E-state index in [-0.39, 0.29) is 5.75 Å². The Labute approximate surface area is 158 Å². The molecule has 1 N–H and O–H groups in total.